The van der Waals surface area contributed by atoms with E-state index in [9.17, 15) is 14.4 Å². The molecule has 28 heavy (non-hydrogen) atoms. The number of anilines is 1. The van der Waals surface area contributed by atoms with E-state index in [0.717, 1.165) is 4.90 Å². The molecule has 0 bridgehead atoms. The van der Waals surface area contributed by atoms with Gasteiger partial charge in [-0.15, -0.1) is 0 Å². The Morgan fingerprint density at radius 2 is 1.54 bits per heavy atom. The summed E-state index contributed by atoms with van der Waals surface area (Å²) in [6.07, 6.45) is 0. The van der Waals surface area contributed by atoms with Crippen LogP contribution in [0.4, 0.5) is 5.69 Å². The number of nitrogens with zero attached hydrogens (tertiary/aromatic N) is 2. The van der Waals surface area contributed by atoms with Crippen LogP contribution in [-0.2, 0) is 0 Å². The van der Waals surface area contributed by atoms with Crippen LogP contribution >= 0.6 is 0 Å². The standard InChI is InChI=1S/C21H22N2O5/c1-5-22(6-2)19(24)13-11-16(18(28-4)17(12-13)27-3)23-20(25)14-9-7-8-10-15(14)21(23)26/h7-12H,5-6H2,1-4H3. The SMILES string of the molecule is CCN(CC)C(=O)c1cc(OC)c(OC)c(N2C(=O)c3ccccc3C2=O)c1. The van der Waals surface area contributed by atoms with Gasteiger partial charge in [-0.05, 0) is 38.1 Å². The zero-order chi connectivity index (χ0) is 20.4. The van der Waals surface area contributed by atoms with Crippen molar-refractivity contribution in [2.24, 2.45) is 0 Å². The molecule has 0 radical (unpaired) electrons. The fourth-order valence-electron chi connectivity index (χ4n) is 3.34. The van der Waals surface area contributed by atoms with Crippen molar-refractivity contribution >= 4 is 23.4 Å². The molecule has 3 amide bonds. The molecule has 0 N–H and O–H groups in total. The Bertz CT molecular complexity index is 915. The molecule has 7 heteroatoms. The first-order valence-electron chi connectivity index (χ1n) is 9.01. The highest BCUT2D eigenvalue weighted by Crippen LogP contribution is 2.42. The van der Waals surface area contributed by atoms with Crippen LogP contribution in [0.5, 0.6) is 11.5 Å². The van der Waals surface area contributed by atoms with Crippen molar-refractivity contribution in [1.82, 2.24) is 4.90 Å². The van der Waals surface area contributed by atoms with Gasteiger partial charge in [0.15, 0.2) is 11.5 Å². The number of hydrogen-bond acceptors (Lipinski definition) is 5. The van der Waals surface area contributed by atoms with Gasteiger partial charge in [-0.25, -0.2) is 4.90 Å². The maximum Gasteiger partial charge on any atom is 0.266 e. The molecule has 0 fully saturated rings. The number of ether oxygens (including phenoxy) is 2. The molecule has 2 aromatic rings. The highest BCUT2D eigenvalue weighted by atomic mass is 16.5. The first-order valence-corrected chi connectivity index (χ1v) is 9.01. The third kappa shape index (κ3) is 2.98. The summed E-state index contributed by atoms with van der Waals surface area (Å²) in [4.78, 5) is 41.4. The molecule has 0 atom stereocenters. The van der Waals surface area contributed by atoms with Crippen LogP contribution in [-0.4, -0.2) is 49.9 Å². The molecule has 1 aliphatic heterocycles. The maximum absolute atomic E-state index is 12.9. The predicted octanol–water partition coefficient (Wildman–Crippen LogP) is 2.99. The number of benzene rings is 2. The first kappa shape index (κ1) is 19.4. The molecule has 1 aliphatic rings. The summed E-state index contributed by atoms with van der Waals surface area (Å²) < 4.78 is 10.8. The van der Waals surface area contributed by atoms with Gasteiger partial charge in [-0.3, -0.25) is 14.4 Å². The summed E-state index contributed by atoms with van der Waals surface area (Å²) >= 11 is 0. The Morgan fingerprint density at radius 1 is 0.964 bits per heavy atom. The van der Waals surface area contributed by atoms with Gasteiger partial charge in [0.05, 0.1) is 31.0 Å². The Balaban J connectivity index is 2.18. The quantitative estimate of drug-likeness (QED) is 0.718. The van der Waals surface area contributed by atoms with Gasteiger partial charge in [0.1, 0.15) is 0 Å². The molecular formula is C21H22N2O5. The molecule has 1 heterocycles. The van der Waals surface area contributed by atoms with E-state index in [1.54, 1.807) is 35.2 Å². The van der Waals surface area contributed by atoms with E-state index in [0.29, 0.717) is 29.8 Å². The van der Waals surface area contributed by atoms with Crippen molar-refractivity contribution in [1.29, 1.82) is 0 Å². The van der Waals surface area contributed by atoms with Gasteiger partial charge in [-0.1, -0.05) is 12.1 Å². The Kier molecular flexibility index (Phi) is 5.35. The van der Waals surface area contributed by atoms with E-state index < -0.39 is 11.8 Å². The van der Waals surface area contributed by atoms with Crippen LogP contribution in [0.3, 0.4) is 0 Å². The fourth-order valence-corrected chi connectivity index (χ4v) is 3.34. The highest BCUT2D eigenvalue weighted by molar-refractivity contribution is 6.35. The second-order valence-electron chi connectivity index (χ2n) is 6.20. The molecule has 3 rings (SSSR count). The van der Waals surface area contributed by atoms with E-state index in [4.69, 9.17) is 9.47 Å². The second-order valence-corrected chi connectivity index (χ2v) is 6.20. The van der Waals surface area contributed by atoms with E-state index in [1.807, 2.05) is 13.8 Å². The monoisotopic (exact) mass is 382 g/mol. The highest BCUT2D eigenvalue weighted by Gasteiger charge is 2.39. The minimum atomic E-state index is -0.464. The molecule has 0 spiro atoms. The Hall–Kier alpha value is -3.35. The predicted molar refractivity (Wildman–Crippen MR) is 104 cm³/mol. The number of carbonyl (C=O) groups is 3. The summed E-state index contributed by atoms with van der Waals surface area (Å²) in [5.74, 6) is -0.661. The molecule has 0 unspecified atom stereocenters. The van der Waals surface area contributed by atoms with Crippen molar-refractivity contribution in [2.75, 3.05) is 32.2 Å². The lowest BCUT2D eigenvalue weighted by molar-refractivity contribution is 0.0771. The summed E-state index contributed by atoms with van der Waals surface area (Å²) in [7, 11) is 2.86. The number of fused-ring (bicyclic) bond motifs is 1. The number of hydrogen-bond donors (Lipinski definition) is 0. The first-order chi connectivity index (χ1) is 13.5. The van der Waals surface area contributed by atoms with E-state index in [2.05, 4.69) is 0 Å². The van der Waals surface area contributed by atoms with Crippen molar-refractivity contribution < 1.29 is 23.9 Å². The summed E-state index contributed by atoms with van der Waals surface area (Å²) in [6, 6.07) is 9.66. The third-order valence-corrected chi connectivity index (χ3v) is 4.79. The number of imide groups is 1. The Morgan fingerprint density at radius 3 is 2.00 bits per heavy atom. The largest absolute Gasteiger partial charge is 0.493 e. The third-order valence-electron chi connectivity index (χ3n) is 4.79. The average Bonchev–Trinajstić information content (AvgIpc) is 2.98. The van der Waals surface area contributed by atoms with Crippen LogP contribution in [0, 0.1) is 0 Å². The van der Waals surface area contributed by atoms with Crippen LogP contribution in [0.25, 0.3) is 0 Å². The molecule has 0 saturated carbocycles. The van der Waals surface area contributed by atoms with Gasteiger partial charge < -0.3 is 14.4 Å². The van der Waals surface area contributed by atoms with E-state index in [-0.39, 0.29) is 23.1 Å². The molecular weight excluding hydrogens is 360 g/mol. The van der Waals surface area contributed by atoms with Gasteiger partial charge in [-0.2, -0.15) is 0 Å². The molecule has 0 aliphatic carbocycles. The number of methoxy groups -OCH3 is 2. The lowest BCUT2D eigenvalue weighted by Crippen LogP contribution is -2.32. The van der Waals surface area contributed by atoms with Crippen molar-refractivity contribution in [2.45, 2.75) is 13.8 Å². The fraction of sp³-hybridized carbons (Fsp3) is 0.286. The number of carbonyl (C=O) groups excluding carboxylic acids is 3. The van der Waals surface area contributed by atoms with Crippen LogP contribution in [0.2, 0.25) is 0 Å². The molecule has 7 nitrogen and oxygen atoms in total. The normalized spacial score (nSPS) is 12.8. The average molecular weight is 382 g/mol. The summed E-state index contributed by atoms with van der Waals surface area (Å²) in [6.45, 7) is 4.83. The number of amides is 3. The van der Waals surface area contributed by atoms with Crippen LogP contribution < -0.4 is 14.4 Å². The van der Waals surface area contributed by atoms with Gasteiger partial charge >= 0.3 is 0 Å². The van der Waals surface area contributed by atoms with Gasteiger partial charge in [0.25, 0.3) is 17.7 Å². The molecule has 0 aromatic heterocycles. The zero-order valence-electron chi connectivity index (χ0n) is 16.3. The lowest BCUT2D eigenvalue weighted by Gasteiger charge is -2.23. The zero-order valence-corrected chi connectivity index (χ0v) is 16.3. The van der Waals surface area contributed by atoms with Crippen LogP contribution in [0.15, 0.2) is 36.4 Å². The smallest absolute Gasteiger partial charge is 0.266 e. The van der Waals surface area contributed by atoms with E-state index in [1.165, 1.54) is 20.3 Å². The second kappa shape index (κ2) is 7.72. The van der Waals surface area contributed by atoms with Crippen molar-refractivity contribution in [3.05, 3.63) is 53.1 Å². The van der Waals surface area contributed by atoms with E-state index >= 15 is 0 Å². The number of rotatable bonds is 6. The molecule has 2 aromatic carbocycles. The maximum atomic E-state index is 12.9. The minimum Gasteiger partial charge on any atom is -0.493 e. The molecule has 146 valence electrons. The van der Waals surface area contributed by atoms with Crippen molar-refractivity contribution in [3.8, 4) is 11.5 Å². The van der Waals surface area contributed by atoms with Gasteiger partial charge in [0, 0.05) is 18.7 Å². The van der Waals surface area contributed by atoms with Crippen molar-refractivity contribution in [3.63, 3.8) is 0 Å². The lowest BCUT2D eigenvalue weighted by atomic mass is 10.1. The Labute approximate surface area is 163 Å². The summed E-state index contributed by atoms with van der Waals surface area (Å²) in [5.41, 5.74) is 1.12. The molecule has 0 saturated heterocycles. The topological polar surface area (TPSA) is 76.2 Å². The summed E-state index contributed by atoms with van der Waals surface area (Å²) in [5, 5.41) is 0. The van der Waals surface area contributed by atoms with Crippen LogP contribution in [0.1, 0.15) is 44.9 Å². The van der Waals surface area contributed by atoms with Gasteiger partial charge in [0.2, 0.25) is 0 Å². The minimum absolute atomic E-state index is 0.184.